The van der Waals surface area contributed by atoms with E-state index in [0.717, 1.165) is 57.4 Å². The number of benzene rings is 1. The van der Waals surface area contributed by atoms with Crippen LogP contribution >= 0.6 is 24.0 Å². The minimum Gasteiger partial charge on any atom is -0.374 e. The number of hydrogen-bond acceptors (Lipinski definition) is 4. The Bertz CT molecular complexity index is 779. The molecule has 31 heavy (non-hydrogen) atoms. The van der Waals surface area contributed by atoms with Crippen molar-refractivity contribution < 1.29 is 4.74 Å². The summed E-state index contributed by atoms with van der Waals surface area (Å²) in [6.45, 7) is 13.5. The average molecular weight is 540 g/mol. The van der Waals surface area contributed by atoms with Crippen LogP contribution in [0.1, 0.15) is 31.9 Å². The van der Waals surface area contributed by atoms with E-state index in [4.69, 9.17) is 9.73 Å². The van der Waals surface area contributed by atoms with Crippen molar-refractivity contribution in [3.05, 3.63) is 53.9 Å². The van der Waals surface area contributed by atoms with E-state index in [2.05, 4.69) is 71.9 Å². The monoisotopic (exact) mass is 540 g/mol. The van der Waals surface area contributed by atoms with Gasteiger partial charge >= 0.3 is 0 Å². The lowest BCUT2D eigenvalue weighted by Crippen LogP contribution is -2.50. The van der Waals surface area contributed by atoms with E-state index < -0.39 is 0 Å². The third-order valence-electron chi connectivity index (χ3n) is 4.98. The Morgan fingerprint density at radius 1 is 1.23 bits per heavy atom. The van der Waals surface area contributed by atoms with Crippen LogP contribution in [0.25, 0.3) is 0 Å². The Morgan fingerprint density at radius 2 is 2.03 bits per heavy atom. The summed E-state index contributed by atoms with van der Waals surface area (Å²) in [5.41, 5.74) is 2.34. The fourth-order valence-corrected chi connectivity index (χ4v) is 3.65. The molecule has 0 radical (unpaired) electrons. The van der Waals surface area contributed by atoms with Crippen molar-refractivity contribution in [2.45, 2.75) is 40.0 Å². The highest BCUT2D eigenvalue weighted by molar-refractivity contribution is 14.0. The molecule has 1 fully saturated rings. The number of nitrogens with one attached hydrogen (secondary N) is 2. The highest BCUT2D eigenvalue weighted by atomic mass is 127. The van der Waals surface area contributed by atoms with Crippen molar-refractivity contribution in [3.8, 4) is 0 Å². The Morgan fingerprint density at radius 3 is 2.77 bits per heavy atom. The maximum absolute atomic E-state index is 5.94. The third-order valence-corrected chi connectivity index (χ3v) is 4.98. The molecule has 2 heterocycles. The molecule has 1 unspecified atom stereocenters. The van der Waals surface area contributed by atoms with Gasteiger partial charge in [0.15, 0.2) is 5.96 Å². The molecule has 3 rings (SSSR count). The van der Waals surface area contributed by atoms with Crippen molar-refractivity contribution in [2.24, 2.45) is 10.9 Å². The Labute approximate surface area is 203 Å². The lowest BCUT2D eigenvalue weighted by molar-refractivity contribution is -0.0284. The standard InChI is InChI=1S/C23H36N6O.HI/c1-4-24-23(26-14-22-18-28(10-11-30-22)15-19(2)3)25-12-21-13-27-29(17-21)16-20-8-6-5-7-9-20;/h5-9,13,17,19,22H,4,10-12,14-16,18H2,1-3H3,(H2,24,25,26);1H. The molecular formula is C23H37IN6O. The van der Waals surface area contributed by atoms with Gasteiger partial charge in [0.05, 0.1) is 32.0 Å². The maximum atomic E-state index is 5.94. The van der Waals surface area contributed by atoms with Gasteiger partial charge in [-0.25, -0.2) is 4.99 Å². The van der Waals surface area contributed by atoms with Crippen LogP contribution in [-0.4, -0.2) is 66.1 Å². The van der Waals surface area contributed by atoms with Gasteiger partial charge in [-0.1, -0.05) is 44.2 Å². The van der Waals surface area contributed by atoms with Gasteiger partial charge in [-0.15, -0.1) is 24.0 Å². The van der Waals surface area contributed by atoms with Crippen LogP contribution in [0.2, 0.25) is 0 Å². The van der Waals surface area contributed by atoms with Gasteiger partial charge in [0.2, 0.25) is 0 Å². The molecule has 7 nitrogen and oxygen atoms in total. The third kappa shape index (κ3) is 9.16. The molecule has 1 saturated heterocycles. The summed E-state index contributed by atoms with van der Waals surface area (Å²) in [5.74, 6) is 1.50. The van der Waals surface area contributed by atoms with Crippen LogP contribution in [0.3, 0.4) is 0 Å². The maximum Gasteiger partial charge on any atom is 0.191 e. The molecule has 8 heteroatoms. The van der Waals surface area contributed by atoms with E-state index in [9.17, 15) is 0 Å². The molecule has 1 aromatic heterocycles. The molecule has 2 aromatic rings. The number of hydrogen-bond donors (Lipinski definition) is 2. The van der Waals surface area contributed by atoms with E-state index in [1.807, 2.05) is 16.9 Å². The second-order valence-corrected chi connectivity index (χ2v) is 8.25. The first-order chi connectivity index (χ1) is 14.6. The number of guanidine groups is 1. The first kappa shape index (κ1) is 25.6. The molecule has 1 aliphatic heterocycles. The van der Waals surface area contributed by atoms with E-state index in [1.54, 1.807) is 0 Å². The zero-order valence-corrected chi connectivity index (χ0v) is 21.3. The fraction of sp³-hybridized carbons (Fsp3) is 0.565. The van der Waals surface area contributed by atoms with Gasteiger partial charge in [0.25, 0.3) is 0 Å². The van der Waals surface area contributed by atoms with Crippen LogP contribution in [0.5, 0.6) is 0 Å². The predicted molar refractivity (Wildman–Crippen MR) is 137 cm³/mol. The zero-order valence-electron chi connectivity index (χ0n) is 19.0. The zero-order chi connectivity index (χ0) is 21.2. The number of aliphatic imine (C=N–C) groups is 1. The molecule has 1 aliphatic rings. The highest BCUT2D eigenvalue weighted by Gasteiger charge is 2.21. The predicted octanol–water partition coefficient (Wildman–Crippen LogP) is 2.96. The van der Waals surface area contributed by atoms with Gasteiger partial charge in [-0.2, -0.15) is 5.10 Å². The van der Waals surface area contributed by atoms with Gasteiger partial charge in [0, 0.05) is 44.5 Å². The molecule has 0 bridgehead atoms. The number of ether oxygens (including phenoxy) is 1. The van der Waals surface area contributed by atoms with Crippen molar-refractivity contribution in [1.29, 1.82) is 0 Å². The van der Waals surface area contributed by atoms with Crippen molar-refractivity contribution in [2.75, 3.05) is 39.3 Å². The first-order valence-corrected chi connectivity index (χ1v) is 11.0. The van der Waals surface area contributed by atoms with Crippen molar-refractivity contribution in [1.82, 2.24) is 25.3 Å². The highest BCUT2D eigenvalue weighted by Crippen LogP contribution is 2.08. The van der Waals surface area contributed by atoms with Crippen LogP contribution in [0, 0.1) is 5.92 Å². The average Bonchev–Trinajstić information content (AvgIpc) is 3.18. The SMILES string of the molecule is CCNC(=NCc1cnn(Cc2ccccc2)c1)NCC1CN(CC(C)C)CCO1.I. The second-order valence-electron chi connectivity index (χ2n) is 8.25. The Kier molecular flexibility index (Phi) is 11.3. The van der Waals surface area contributed by atoms with Gasteiger partial charge < -0.3 is 15.4 Å². The molecule has 0 spiro atoms. The molecule has 0 saturated carbocycles. The molecule has 172 valence electrons. The van der Waals surface area contributed by atoms with Crippen LogP contribution in [0.4, 0.5) is 0 Å². The molecule has 0 aliphatic carbocycles. The summed E-state index contributed by atoms with van der Waals surface area (Å²) >= 11 is 0. The molecule has 1 aromatic carbocycles. The Hall–Kier alpha value is -1.65. The quantitative estimate of drug-likeness (QED) is 0.291. The van der Waals surface area contributed by atoms with Gasteiger partial charge in [-0.3, -0.25) is 9.58 Å². The largest absolute Gasteiger partial charge is 0.374 e. The molecule has 0 amide bonds. The van der Waals surface area contributed by atoms with Crippen LogP contribution in [-0.2, 0) is 17.8 Å². The summed E-state index contributed by atoms with van der Waals surface area (Å²) < 4.78 is 7.90. The summed E-state index contributed by atoms with van der Waals surface area (Å²) in [5, 5.41) is 11.2. The number of halogens is 1. The van der Waals surface area contributed by atoms with Gasteiger partial charge in [-0.05, 0) is 18.4 Å². The lowest BCUT2D eigenvalue weighted by Gasteiger charge is -2.34. The summed E-state index contributed by atoms with van der Waals surface area (Å²) in [4.78, 5) is 7.22. The minimum absolute atomic E-state index is 0. The Balaban J connectivity index is 0.00000341. The first-order valence-electron chi connectivity index (χ1n) is 11.0. The molecule has 2 N–H and O–H groups in total. The molecular weight excluding hydrogens is 503 g/mol. The number of morpholine rings is 1. The van der Waals surface area contributed by atoms with Crippen molar-refractivity contribution in [3.63, 3.8) is 0 Å². The van der Waals surface area contributed by atoms with E-state index in [-0.39, 0.29) is 30.1 Å². The second kappa shape index (κ2) is 13.7. The number of rotatable bonds is 9. The number of aromatic nitrogens is 2. The number of nitrogens with zero attached hydrogens (tertiary/aromatic N) is 4. The summed E-state index contributed by atoms with van der Waals surface area (Å²) in [6.07, 6.45) is 4.15. The normalized spacial score (nSPS) is 17.4. The topological polar surface area (TPSA) is 66.7 Å². The lowest BCUT2D eigenvalue weighted by atomic mass is 10.2. The molecule has 1 atom stereocenters. The van der Waals surface area contributed by atoms with E-state index in [0.29, 0.717) is 12.5 Å². The van der Waals surface area contributed by atoms with E-state index in [1.165, 1.54) is 5.56 Å². The summed E-state index contributed by atoms with van der Waals surface area (Å²) in [7, 11) is 0. The smallest absolute Gasteiger partial charge is 0.191 e. The van der Waals surface area contributed by atoms with E-state index >= 15 is 0 Å². The summed E-state index contributed by atoms with van der Waals surface area (Å²) in [6, 6.07) is 10.4. The fourth-order valence-electron chi connectivity index (χ4n) is 3.65. The van der Waals surface area contributed by atoms with Crippen molar-refractivity contribution >= 4 is 29.9 Å². The minimum atomic E-state index is 0. The van der Waals surface area contributed by atoms with Crippen LogP contribution < -0.4 is 10.6 Å². The van der Waals surface area contributed by atoms with Gasteiger partial charge in [0.1, 0.15) is 0 Å². The van der Waals surface area contributed by atoms with Crippen LogP contribution in [0.15, 0.2) is 47.7 Å².